The maximum absolute atomic E-state index is 12.3. The molecular weight excluding hydrogens is 338 g/mol. The highest BCUT2D eigenvalue weighted by Crippen LogP contribution is 2.28. The van der Waals surface area contributed by atoms with Crippen molar-refractivity contribution in [2.45, 2.75) is 25.8 Å². The third-order valence-corrected chi connectivity index (χ3v) is 4.04. The van der Waals surface area contributed by atoms with Crippen molar-refractivity contribution in [3.63, 3.8) is 0 Å². The third-order valence-electron chi connectivity index (χ3n) is 3.39. The third kappa shape index (κ3) is 4.46. The van der Waals surface area contributed by atoms with E-state index in [4.69, 9.17) is 9.84 Å². The Morgan fingerprint density at radius 3 is 2.67 bits per heavy atom. The molecule has 114 valence electrons. The standard InChI is InChI=1S/C15H18BrNO4/c1-10(15(19)20)8-17(11-6-7-11)14(18)9-21-13-5-3-2-4-12(13)16/h2-5,10-11H,6-9H2,1H3,(H,19,20). The summed E-state index contributed by atoms with van der Waals surface area (Å²) in [5.74, 6) is -1.02. The van der Waals surface area contributed by atoms with E-state index in [1.807, 2.05) is 18.2 Å². The Morgan fingerprint density at radius 2 is 2.10 bits per heavy atom. The van der Waals surface area contributed by atoms with Crippen LogP contribution in [0.25, 0.3) is 0 Å². The monoisotopic (exact) mass is 355 g/mol. The molecule has 0 aromatic heterocycles. The van der Waals surface area contributed by atoms with E-state index in [0.717, 1.165) is 17.3 Å². The first-order valence-corrected chi connectivity index (χ1v) is 7.68. The second-order valence-electron chi connectivity index (χ2n) is 5.24. The lowest BCUT2D eigenvalue weighted by Crippen LogP contribution is -2.41. The van der Waals surface area contributed by atoms with E-state index in [2.05, 4.69) is 15.9 Å². The lowest BCUT2D eigenvalue weighted by Gasteiger charge is -2.24. The van der Waals surface area contributed by atoms with Gasteiger partial charge in [0.25, 0.3) is 5.91 Å². The van der Waals surface area contributed by atoms with Crippen LogP contribution in [0.1, 0.15) is 19.8 Å². The van der Waals surface area contributed by atoms with Crippen molar-refractivity contribution in [1.29, 1.82) is 0 Å². The summed E-state index contributed by atoms with van der Waals surface area (Å²) in [4.78, 5) is 24.8. The van der Waals surface area contributed by atoms with Gasteiger partial charge in [0, 0.05) is 12.6 Å². The topological polar surface area (TPSA) is 66.8 Å². The van der Waals surface area contributed by atoms with E-state index in [-0.39, 0.29) is 25.1 Å². The molecule has 1 N–H and O–H groups in total. The van der Waals surface area contributed by atoms with Gasteiger partial charge in [0.15, 0.2) is 6.61 Å². The van der Waals surface area contributed by atoms with Crippen molar-refractivity contribution in [1.82, 2.24) is 4.90 Å². The highest BCUT2D eigenvalue weighted by atomic mass is 79.9. The zero-order chi connectivity index (χ0) is 15.4. The van der Waals surface area contributed by atoms with Crippen LogP contribution in [0.15, 0.2) is 28.7 Å². The van der Waals surface area contributed by atoms with Crippen LogP contribution in [-0.4, -0.2) is 41.1 Å². The Kier molecular flexibility index (Phi) is 5.22. The molecule has 1 aromatic rings. The van der Waals surface area contributed by atoms with Gasteiger partial charge in [-0.05, 0) is 40.9 Å². The summed E-state index contributed by atoms with van der Waals surface area (Å²) < 4.78 is 6.30. The van der Waals surface area contributed by atoms with Gasteiger partial charge >= 0.3 is 5.97 Å². The summed E-state index contributed by atoms with van der Waals surface area (Å²) in [5.41, 5.74) is 0. The zero-order valence-corrected chi connectivity index (χ0v) is 13.4. The summed E-state index contributed by atoms with van der Waals surface area (Å²) in [7, 11) is 0. The van der Waals surface area contributed by atoms with Gasteiger partial charge in [-0.15, -0.1) is 0 Å². The fourth-order valence-electron chi connectivity index (χ4n) is 2.00. The number of hydrogen-bond donors (Lipinski definition) is 1. The van der Waals surface area contributed by atoms with Gasteiger partial charge in [-0.1, -0.05) is 19.1 Å². The van der Waals surface area contributed by atoms with Crippen LogP contribution >= 0.6 is 15.9 Å². The van der Waals surface area contributed by atoms with E-state index < -0.39 is 11.9 Å². The molecule has 1 atom stereocenters. The van der Waals surface area contributed by atoms with Crippen LogP contribution in [0.3, 0.4) is 0 Å². The summed E-state index contributed by atoms with van der Waals surface area (Å²) in [6.45, 7) is 1.77. The van der Waals surface area contributed by atoms with Gasteiger partial charge in [-0.2, -0.15) is 0 Å². The van der Waals surface area contributed by atoms with E-state index in [1.54, 1.807) is 17.9 Å². The molecular formula is C15H18BrNO4. The number of carbonyl (C=O) groups excluding carboxylic acids is 1. The van der Waals surface area contributed by atoms with Gasteiger partial charge in [0.2, 0.25) is 0 Å². The average molecular weight is 356 g/mol. The molecule has 2 rings (SSSR count). The molecule has 1 unspecified atom stereocenters. The fraction of sp³-hybridized carbons (Fsp3) is 0.467. The molecule has 1 aromatic carbocycles. The molecule has 1 amide bonds. The molecule has 1 saturated carbocycles. The quantitative estimate of drug-likeness (QED) is 0.815. The zero-order valence-electron chi connectivity index (χ0n) is 11.8. The average Bonchev–Trinajstić information content (AvgIpc) is 3.27. The number of nitrogens with zero attached hydrogens (tertiary/aromatic N) is 1. The molecule has 0 spiro atoms. The van der Waals surface area contributed by atoms with Crippen molar-refractivity contribution < 1.29 is 19.4 Å². The number of carboxylic acids is 1. The first-order valence-electron chi connectivity index (χ1n) is 6.88. The van der Waals surface area contributed by atoms with Crippen molar-refractivity contribution >= 4 is 27.8 Å². The maximum Gasteiger partial charge on any atom is 0.308 e. The van der Waals surface area contributed by atoms with Crippen LogP contribution < -0.4 is 4.74 Å². The summed E-state index contributed by atoms with van der Waals surface area (Å²) in [5, 5.41) is 8.98. The number of rotatable bonds is 7. The molecule has 5 nitrogen and oxygen atoms in total. The van der Waals surface area contributed by atoms with E-state index in [1.165, 1.54) is 0 Å². The number of amides is 1. The number of aliphatic carboxylic acids is 1. The van der Waals surface area contributed by atoms with Crippen molar-refractivity contribution in [2.75, 3.05) is 13.2 Å². The second kappa shape index (κ2) is 6.93. The minimum absolute atomic E-state index is 0.0779. The number of para-hydroxylation sites is 1. The molecule has 0 aliphatic heterocycles. The van der Waals surface area contributed by atoms with Gasteiger partial charge in [0.1, 0.15) is 5.75 Å². The highest BCUT2D eigenvalue weighted by molar-refractivity contribution is 9.10. The number of carbonyl (C=O) groups is 2. The fourth-order valence-corrected chi connectivity index (χ4v) is 2.40. The first kappa shape index (κ1) is 15.8. The van der Waals surface area contributed by atoms with Crippen LogP contribution in [0.4, 0.5) is 0 Å². The van der Waals surface area contributed by atoms with Crippen molar-refractivity contribution in [2.24, 2.45) is 5.92 Å². The molecule has 0 radical (unpaired) electrons. The Balaban J connectivity index is 1.93. The number of halogens is 1. The van der Waals surface area contributed by atoms with Crippen LogP contribution in [0.5, 0.6) is 5.75 Å². The van der Waals surface area contributed by atoms with Gasteiger partial charge in [-0.3, -0.25) is 9.59 Å². The molecule has 6 heteroatoms. The predicted octanol–water partition coefficient (Wildman–Crippen LogP) is 2.54. The number of carboxylic acid groups (broad SMARTS) is 1. The molecule has 1 aliphatic rings. The lowest BCUT2D eigenvalue weighted by atomic mass is 10.1. The van der Waals surface area contributed by atoms with Gasteiger partial charge in [-0.25, -0.2) is 0 Å². The Bertz CT molecular complexity index is 530. The minimum Gasteiger partial charge on any atom is -0.483 e. The number of hydrogen-bond acceptors (Lipinski definition) is 3. The summed E-state index contributed by atoms with van der Waals surface area (Å²) in [6, 6.07) is 7.48. The Labute approximate surface area is 132 Å². The molecule has 0 bridgehead atoms. The minimum atomic E-state index is -0.889. The van der Waals surface area contributed by atoms with Gasteiger partial charge in [0.05, 0.1) is 10.4 Å². The summed E-state index contributed by atoms with van der Waals surface area (Å²) >= 11 is 3.36. The smallest absolute Gasteiger partial charge is 0.308 e. The van der Waals surface area contributed by atoms with Crippen molar-refractivity contribution in [3.8, 4) is 5.75 Å². The van der Waals surface area contributed by atoms with Crippen LogP contribution in [0.2, 0.25) is 0 Å². The van der Waals surface area contributed by atoms with Gasteiger partial charge < -0.3 is 14.7 Å². The largest absolute Gasteiger partial charge is 0.483 e. The molecule has 0 heterocycles. The predicted molar refractivity (Wildman–Crippen MR) is 81.2 cm³/mol. The Hall–Kier alpha value is -1.56. The van der Waals surface area contributed by atoms with E-state index in [9.17, 15) is 9.59 Å². The normalized spacial score (nSPS) is 15.3. The van der Waals surface area contributed by atoms with E-state index in [0.29, 0.717) is 5.75 Å². The lowest BCUT2D eigenvalue weighted by molar-refractivity contribution is -0.143. The highest BCUT2D eigenvalue weighted by Gasteiger charge is 2.34. The number of benzene rings is 1. The molecule has 0 saturated heterocycles. The van der Waals surface area contributed by atoms with Crippen LogP contribution in [-0.2, 0) is 9.59 Å². The first-order chi connectivity index (χ1) is 9.99. The molecule has 1 aliphatic carbocycles. The molecule has 21 heavy (non-hydrogen) atoms. The summed E-state index contributed by atoms with van der Waals surface area (Å²) in [6.07, 6.45) is 1.88. The molecule has 1 fully saturated rings. The Morgan fingerprint density at radius 1 is 1.43 bits per heavy atom. The van der Waals surface area contributed by atoms with Crippen LogP contribution in [0, 0.1) is 5.92 Å². The van der Waals surface area contributed by atoms with Crippen molar-refractivity contribution in [3.05, 3.63) is 28.7 Å². The van der Waals surface area contributed by atoms with E-state index >= 15 is 0 Å². The maximum atomic E-state index is 12.3. The number of ether oxygens (including phenoxy) is 1. The SMILES string of the molecule is CC(CN(C(=O)COc1ccccc1Br)C1CC1)C(=O)O. The second-order valence-corrected chi connectivity index (χ2v) is 6.09.